The van der Waals surface area contributed by atoms with E-state index in [0.29, 0.717) is 0 Å². The predicted molar refractivity (Wildman–Crippen MR) is 38.1 cm³/mol. The number of hydrogen-bond acceptors (Lipinski definition) is 1. The zero-order valence-corrected chi connectivity index (χ0v) is 5.04. The van der Waals surface area contributed by atoms with Gasteiger partial charge in [-0.1, -0.05) is 12.2 Å². The molecule has 1 radical (unpaired) electrons. The zero-order chi connectivity index (χ0) is 6.10. The average molecular weight is 117 g/mol. The lowest BCUT2D eigenvalue weighted by molar-refractivity contribution is 1.18. The molecular weight excluding hydrogens is 110 g/mol. The van der Waals surface area contributed by atoms with E-state index in [1.807, 2.05) is 12.3 Å². The van der Waals surface area contributed by atoms with Crippen LogP contribution in [0.25, 0.3) is 0 Å². The third-order valence-corrected chi connectivity index (χ3v) is 1.51. The normalized spacial score (nSPS) is 21.3. The summed E-state index contributed by atoms with van der Waals surface area (Å²) >= 11 is 0. The van der Waals surface area contributed by atoms with E-state index in [-0.39, 0.29) is 0 Å². The van der Waals surface area contributed by atoms with Crippen LogP contribution in [0.1, 0.15) is 6.42 Å². The lowest BCUT2D eigenvalue weighted by Crippen LogP contribution is -1.90. The highest BCUT2D eigenvalue weighted by molar-refractivity contribution is 5.79. The Morgan fingerprint density at radius 1 is 1.44 bits per heavy atom. The molecule has 43 valence electrons. The van der Waals surface area contributed by atoms with E-state index in [1.165, 1.54) is 5.57 Å². The largest absolute Gasteiger partial charge is 0.280 e. The Morgan fingerprint density at radius 3 is 3.33 bits per heavy atom. The minimum absolute atomic E-state index is 1.03. The molecule has 0 aromatic heterocycles. The van der Waals surface area contributed by atoms with E-state index in [1.54, 1.807) is 0 Å². The molecule has 0 atom stereocenters. The van der Waals surface area contributed by atoms with E-state index in [2.05, 4.69) is 23.2 Å². The van der Waals surface area contributed by atoms with Gasteiger partial charge in [0.05, 0.1) is 10.6 Å². The topological polar surface area (TPSA) is 14.1 Å². The quantitative estimate of drug-likeness (QED) is 0.452. The molecule has 1 aliphatic carbocycles. The number of aliphatic imine (C=N–C) groups is 1. The molecule has 0 saturated heterocycles. The van der Waals surface area contributed by atoms with Crippen molar-refractivity contribution in [1.29, 1.82) is 0 Å². The van der Waals surface area contributed by atoms with Crippen LogP contribution in [0.4, 0.5) is 0 Å². The van der Waals surface area contributed by atoms with Gasteiger partial charge in [-0.05, 0) is 12.5 Å². The van der Waals surface area contributed by atoms with Gasteiger partial charge < -0.3 is 0 Å². The molecule has 0 amide bonds. The summed E-state index contributed by atoms with van der Waals surface area (Å²) in [4.78, 5) is 4.15. The van der Waals surface area contributed by atoms with Crippen LogP contribution in [-0.2, 0) is 0 Å². The van der Waals surface area contributed by atoms with Gasteiger partial charge in [0.2, 0.25) is 6.21 Å². The summed E-state index contributed by atoms with van der Waals surface area (Å²) in [6.45, 7) is 0. The van der Waals surface area contributed by atoms with Crippen molar-refractivity contribution in [1.82, 2.24) is 4.99 Å². The van der Waals surface area contributed by atoms with Gasteiger partial charge in [-0.3, -0.25) is 0 Å². The maximum absolute atomic E-state index is 4.15. The first-order valence-corrected chi connectivity index (χ1v) is 3.08. The minimum Gasteiger partial charge on any atom is -0.0796 e. The molecule has 0 aromatic carbocycles. The summed E-state index contributed by atoms with van der Waals surface area (Å²) < 4.78 is 0. The van der Waals surface area contributed by atoms with Crippen molar-refractivity contribution in [3.05, 3.63) is 35.6 Å². The second kappa shape index (κ2) is 1.69. The van der Waals surface area contributed by atoms with Crippen LogP contribution < -0.4 is 4.99 Å². The zero-order valence-electron chi connectivity index (χ0n) is 5.04. The molecular formula is C8H7N+. The van der Waals surface area contributed by atoms with Crippen LogP contribution in [0.15, 0.2) is 35.6 Å². The monoisotopic (exact) mass is 117 g/mol. The molecule has 0 N–H and O–H groups in total. The Bertz CT molecular complexity index is 241. The molecule has 0 bridgehead atoms. The number of nitrogens with zero attached hydrogens (tertiary/aromatic N) is 1. The third-order valence-electron chi connectivity index (χ3n) is 1.51. The number of allylic oxidation sites excluding steroid dienone is 4. The van der Waals surface area contributed by atoms with Crippen molar-refractivity contribution in [2.24, 2.45) is 0 Å². The Kier molecular flexibility index (Phi) is 0.890. The first kappa shape index (κ1) is 4.74. The van der Waals surface area contributed by atoms with Crippen LogP contribution in [0.5, 0.6) is 0 Å². The van der Waals surface area contributed by atoms with Crippen LogP contribution >= 0.6 is 0 Å². The number of fused-ring (bicyclic) bond motifs is 1. The standard InChI is InChI=1S/C8H7N/c1-2-4-8-7(3-1)5-6-9-8/h1,3-6H,2H2/q+1. The minimum atomic E-state index is 1.03. The fourth-order valence-electron chi connectivity index (χ4n) is 1.04. The molecule has 0 aromatic rings. The Balaban J connectivity index is 2.46. The van der Waals surface area contributed by atoms with Gasteiger partial charge in [0.15, 0.2) is 0 Å². The molecule has 1 aliphatic heterocycles. The molecule has 2 aliphatic rings. The van der Waals surface area contributed by atoms with Crippen molar-refractivity contribution >= 4 is 6.21 Å². The molecule has 1 heterocycles. The molecule has 9 heavy (non-hydrogen) atoms. The number of hydrogen-bond donors (Lipinski definition) is 0. The van der Waals surface area contributed by atoms with Crippen LogP contribution in [-0.4, -0.2) is 6.21 Å². The highest BCUT2D eigenvalue weighted by atomic mass is 14.8. The van der Waals surface area contributed by atoms with Crippen molar-refractivity contribution in [3.63, 3.8) is 0 Å². The van der Waals surface area contributed by atoms with Gasteiger partial charge in [0.25, 0.3) is 5.70 Å². The van der Waals surface area contributed by atoms with Crippen LogP contribution in [0, 0.1) is 0 Å². The molecule has 1 heteroatoms. The molecule has 0 saturated carbocycles. The highest BCUT2D eigenvalue weighted by Gasteiger charge is 2.18. The van der Waals surface area contributed by atoms with Crippen molar-refractivity contribution in [2.75, 3.05) is 0 Å². The van der Waals surface area contributed by atoms with Gasteiger partial charge in [-0.25, -0.2) is 0 Å². The van der Waals surface area contributed by atoms with Crippen molar-refractivity contribution in [2.45, 2.75) is 6.42 Å². The Labute approximate surface area is 54.1 Å². The van der Waals surface area contributed by atoms with Gasteiger partial charge in [0, 0.05) is 6.08 Å². The second-order valence-electron chi connectivity index (χ2n) is 2.13. The van der Waals surface area contributed by atoms with E-state index in [9.17, 15) is 0 Å². The van der Waals surface area contributed by atoms with Crippen molar-refractivity contribution in [3.8, 4) is 0 Å². The lowest BCUT2D eigenvalue weighted by Gasteiger charge is -1.91. The Morgan fingerprint density at radius 2 is 2.44 bits per heavy atom. The maximum Gasteiger partial charge on any atom is 0.280 e. The van der Waals surface area contributed by atoms with E-state index in [0.717, 1.165) is 12.1 Å². The summed E-state index contributed by atoms with van der Waals surface area (Å²) in [6, 6.07) is 0. The summed E-state index contributed by atoms with van der Waals surface area (Å²) in [7, 11) is 0. The van der Waals surface area contributed by atoms with Gasteiger partial charge in [-0.15, -0.1) is 0 Å². The SMILES string of the molecule is C1=CC2=CC=[N+]C2=CC1. The molecule has 0 fully saturated rings. The maximum atomic E-state index is 4.15. The van der Waals surface area contributed by atoms with Crippen LogP contribution in [0.3, 0.4) is 0 Å². The van der Waals surface area contributed by atoms with E-state index < -0.39 is 0 Å². The van der Waals surface area contributed by atoms with Crippen molar-refractivity contribution < 1.29 is 0 Å². The predicted octanol–water partition coefficient (Wildman–Crippen LogP) is 1.18. The summed E-state index contributed by atoms with van der Waals surface area (Å²) in [5, 5.41) is 0. The molecule has 2 rings (SSSR count). The smallest absolute Gasteiger partial charge is 0.0796 e. The first-order chi connectivity index (χ1) is 4.47. The van der Waals surface area contributed by atoms with Gasteiger partial charge in [0.1, 0.15) is 0 Å². The second-order valence-corrected chi connectivity index (χ2v) is 2.13. The third kappa shape index (κ3) is 0.653. The number of rotatable bonds is 0. The summed E-state index contributed by atoms with van der Waals surface area (Å²) in [5.74, 6) is 0. The summed E-state index contributed by atoms with van der Waals surface area (Å²) in [6.07, 6.45) is 11.3. The fourth-order valence-corrected chi connectivity index (χ4v) is 1.04. The lowest BCUT2D eigenvalue weighted by atomic mass is 10.1. The fraction of sp³-hybridized carbons (Fsp3) is 0.125. The molecule has 0 spiro atoms. The van der Waals surface area contributed by atoms with E-state index >= 15 is 0 Å². The average Bonchev–Trinajstić information content (AvgIpc) is 2.33. The highest BCUT2D eigenvalue weighted by Crippen LogP contribution is 2.16. The molecule has 0 unspecified atom stereocenters. The van der Waals surface area contributed by atoms with E-state index in [4.69, 9.17) is 0 Å². The first-order valence-electron chi connectivity index (χ1n) is 3.08. The summed E-state index contributed by atoms with van der Waals surface area (Å²) in [5.41, 5.74) is 2.39. The van der Waals surface area contributed by atoms with Gasteiger partial charge in [-0.2, -0.15) is 0 Å². The van der Waals surface area contributed by atoms with Crippen LogP contribution in [0.2, 0.25) is 0 Å². The molecule has 1 nitrogen and oxygen atoms in total. The van der Waals surface area contributed by atoms with Gasteiger partial charge >= 0.3 is 0 Å². The Hall–Kier alpha value is -1.11.